The van der Waals surface area contributed by atoms with E-state index in [2.05, 4.69) is 15.9 Å². The topological polar surface area (TPSA) is 34.1 Å². The molecule has 0 saturated heterocycles. The van der Waals surface area contributed by atoms with Gasteiger partial charge in [0.1, 0.15) is 0 Å². The maximum absolute atomic E-state index is 11.8. The van der Waals surface area contributed by atoms with Crippen molar-refractivity contribution in [1.29, 1.82) is 0 Å². The van der Waals surface area contributed by atoms with E-state index in [1.54, 1.807) is 12.1 Å². The van der Waals surface area contributed by atoms with Crippen LogP contribution in [0.15, 0.2) is 28.7 Å². The first-order valence-electron chi connectivity index (χ1n) is 4.67. The van der Waals surface area contributed by atoms with Gasteiger partial charge in [0.05, 0.1) is 5.75 Å². The molecule has 0 N–H and O–H groups in total. The largest absolute Gasteiger partial charge is 0.293 e. The van der Waals surface area contributed by atoms with Gasteiger partial charge in [-0.3, -0.25) is 9.00 Å². The summed E-state index contributed by atoms with van der Waals surface area (Å²) in [5, 5.41) is 0.0245. The highest BCUT2D eigenvalue weighted by atomic mass is 79.9. The van der Waals surface area contributed by atoms with Gasteiger partial charge in [-0.25, -0.2) is 0 Å². The SMILES string of the molecule is CC(C)S(=O)CC(=O)c1ccccc1Br. The van der Waals surface area contributed by atoms with E-state index in [9.17, 15) is 9.00 Å². The molecule has 0 spiro atoms. The van der Waals surface area contributed by atoms with Crippen molar-refractivity contribution in [2.75, 3.05) is 5.75 Å². The summed E-state index contributed by atoms with van der Waals surface area (Å²) in [7, 11) is -1.08. The predicted octanol–water partition coefficient (Wildman–Crippen LogP) is 2.79. The Balaban J connectivity index is 2.79. The van der Waals surface area contributed by atoms with Crippen molar-refractivity contribution in [2.45, 2.75) is 19.1 Å². The van der Waals surface area contributed by atoms with Gasteiger partial charge >= 0.3 is 0 Å². The number of rotatable bonds is 4. The van der Waals surface area contributed by atoms with Crippen molar-refractivity contribution >= 4 is 32.5 Å². The minimum atomic E-state index is -1.08. The number of Topliss-reactive ketones (excluding diaryl/α,β-unsaturated/α-hetero) is 1. The lowest BCUT2D eigenvalue weighted by molar-refractivity contribution is 0.102. The molecular weight excluding hydrogens is 276 g/mol. The average molecular weight is 289 g/mol. The molecule has 0 radical (unpaired) electrons. The number of hydrogen-bond acceptors (Lipinski definition) is 2. The molecule has 2 nitrogen and oxygen atoms in total. The third-order valence-electron chi connectivity index (χ3n) is 1.97. The van der Waals surface area contributed by atoms with Crippen molar-refractivity contribution in [2.24, 2.45) is 0 Å². The first kappa shape index (κ1) is 12.6. The second-order valence-electron chi connectivity index (χ2n) is 3.48. The van der Waals surface area contributed by atoms with Crippen LogP contribution in [0, 0.1) is 0 Å². The molecule has 82 valence electrons. The quantitative estimate of drug-likeness (QED) is 0.799. The molecule has 0 amide bonds. The van der Waals surface area contributed by atoms with Gasteiger partial charge in [0.15, 0.2) is 5.78 Å². The molecule has 1 atom stereocenters. The van der Waals surface area contributed by atoms with Crippen LogP contribution >= 0.6 is 15.9 Å². The molecule has 1 unspecified atom stereocenters. The second-order valence-corrected chi connectivity index (χ2v) is 6.32. The molecule has 0 fully saturated rings. The third kappa shape index (κ3) is 3.54. The molecule has 0 aliphatic heterocycles. The minimum Gasteiger partial charge on any atom is -0.293 e. The van der Waals surface area contributed by atoms with Crippen LogP contribution in [0.25, 0.3) is 0 Å². The van der Waals surface area contributed by atoms with Crippen LogP contribution < -0.4 is 0 Å². The fourth-order valence-electron chi connectivity index (χ4n) is 1.06. The Morgan fingerprint density at radius 2 is 2.00 bits per heavy atom. The highest BCUT2D eigenvalue weighted by molar-refractivity contribution is 9.10. The van der Waals surface area contributed by atoms with Gasteiger partial charge in [0.25, 0.3) is 0 Å². The Hall–Kier alpha value is -0.480. The lowest BCUT2D eigenvalue weighted by atomic mass is 10.1. The van der Waals surface area contributed by atoms with Gasteiger partial charge in [0.2, 0.25) is 0 Å². The number of carbonyl (C=O) groups excluding carboxylic acids is 1. The number of benzene rings is 1. The summed E-state index contributed by atoms with van der Waals surface area (Å²) in [5.41, 5.74) is 0.603. The molecule has 1 rings (SSSR count). The first-order chi connectivity index (χ1) is 7.02. The molecule has 0 saturated carbocycles. The van der Waals surface area contributed by atoms with Crippen LogP contribution in [0.2, 0.25) is 0 Å². The standard InChI is InChI=1S/C11H13BrO2S/c1-8(2)15(14)7-11(13)9-5-3-4-6-10(9)12/h3-6,8H,7H2,1-2H3. The minimum absolute atomic E-state index is 0.0245. The Labute approximate surface area is 101 Å². The van der Waals surface area contributed by atoms with Crippen molar-refractivity contribution in [3.8, 4) is 0 Å². The van der Waals surface area contributed by atoms with E-state index >= 15 is 0 Å². The molecule has 4 heteroatoms. The molecule has 1 aromatic carbocycles. The summed E-state index contributed by atoms with van der Waals surface area (Å²) < 4.78 is 12.3. The van der Waals surface area contributed by atoms with Crippen molar-refractivity contribution < 1.29 is 9.00 Å². The number of halogens is 1. The predicted molar refractivity (Wildman–Crippen MR) is 66.6 cm³/mol. The van der Waals surface area contributed by atoms with Crippen LogP contribution in [0.3, 0.4) is 0 Å². The van der Waals surface area contributed by atoms with E-state index in [0.717, 1.165) is 4.47 Å². The van der Waals surface area contributed by atoms with E-state index in [1.807, 2.05) is 26.0 Å². The Bertz CT molecular complexity index is 388. The molecule has 15 heavy (non-hydrogen) atoms. The number of ketones is 1. The summed E-state index contributed by atoms with van der Waals surface area (Å²) >= 11 is 3.30. The average Bonchev–Trinajstić information content (AvgIpc) is 2.18. The van der Waals surface area contributed by atoms with Crippen LogP contribution in [-0.4, -0.2) is 21.0 Å². The molecule has 0 aliphatic rings. The second kappa shape index (κ2) is 5.56. The molecule has 0 aromatic heterocycles. The summed E-state index contributed by atoms with van der Waals surface area (Å²) in [6.07, 6.45) is 0. The Morgan fingerprint density at radius 3 is 2.53 bits per heavy atom. The highest BCUT2D eigenvalue weighted by Gasteiger charge is 2.14. The maximum Gasteiger partial charge on any atom is 0.176 e. The van der Waals surface area contributed by atoms with Gasteiger partial charge in [-0.1, -0.05) is 48.0 Å². The lowest BCUT2D eigenvalue weighted by Gasteiger charge is -2.05. The number of hydrogen-bond donors (Lipinski definition) is 0. The zero-order valence-corrected chi connectivity index (χ0v) is 11.1. The molecule has 0 bridgehead atoms. The van der Waals surface area contributed by atoms with E-state index in [0.29, 0.717) is 5.56 Å². The fourth-order valence-corrected chi connectivity index (χ4v) is 2.31. The van der Waals surface area contributed by atoms with E-state index in [-0.39, 0.29) is 16.8 Å². The summed E-state index contributed by atoms with van der Waals surface area (Å²) in [6, 6.07) is 7.20. The molecular formula is C11H13BrO2S. The molecule has 1 aromatic rings. The normalized spacial score (nSPS) is 12.8. The van der Waals surface area contributed by atoms with Gasteiger partial charge in [-0.15, -0.1) is 0 Å². The fraction of sp³-hybridized carbons (Fsp3) is 0.364. The smallest absolute Gasteiger partial charge is 0.176 e. The monoisotopic (exact) mass is 288 g/mol. The van der Waals surface area contributed by atoms with E-state index in [4.69, 9.17) is 0 Å². The van der Waals surface area contributed by atoms with E-state index in [1.165, 1.54) is 0 Å². The number of carbonyl (C=O) groups is 1. The van der Waals surface area contributed by atoms with Crippen LogP contribution in [0.1, 0.15) is 24.2 Å². The summed E-state index contributed by atoms with van der Waals surface area (Å²) in [5.74, 6) is 0.0230. The van der Waals surface area contributed by atoms with Gasteiger partial charge < -0.3 is 0 Å². The van der Waals surface area contributed by atoms with Crippen molar-refractivity contribution in [3.05, 3.63) is 34.3 Å². The Kier molecular flexibility index (Phi) is 4.67. The third-order valence-corrected chi connectivity index (χ3v) is 4.26. The molecule has 0 heterocycles. The first-order valence-corrected chi connectivity index (χ1v) is 6.84. The van der Waals surface area contributed by atoms with Crippen LogP contribution in [0.4, 0.5) is 0 Å². The lowest BCUT2D eigenvalue weighted by Crippen LogP contribution is -2.17. The van der Waals surface area contributed by atoms with Crippen LogP contribution in [0.5, 0.6) is 0 Å². The van der Waals surface area contributed by atoms with Gasteiger partial charge in [-0.05, 0) is 6.07 Å². The summed E-state index contributed by atoms with van der Waals surface area (Å²) in [4.78, 5) is 11.8. The Morgan fingerprint density at radius 1 is 1.40 bits per heavy atom. The zero-order valence-electron chi connectivity index (χ0n) is 8.70. The highest BCUT2D eigenvalue weighted by Crippen LogP contribution is 2.16. The maximum atomic E-state index is 11.8. The van der Waals surface area contributed by atoms with Crippen molar-refractivity contribution in [3.63, 3.8) is 0 Å². The zero-order chi connectivity index (χ0) is 11.4. The summed E-state index contributed by atoms with van der Waals surface area (Å²) in [6.45, 7) is 3.70. The van der Waals surface area contributed by atoms with Crippen LogP contribution in [-0.2, 0) is 10.8 Å². The van der Waals surface area contributed by atoms with Gasteiger partial charge in [-0.2, -0.15) is 0 Å². The molecule has 0 aliphatic carbocycles. The van der Waals surface area contributed by atoms with Gasteiger partial charge in [0, 0.05) is 26.1 Å². The van der Waals surface area contributed by atoms with Crippen molar-refractivity contribution in [1.82, 2.24) is 0 Å². The van der Waals surface area contributed by atoms with E-state index < -0.39 is 10.8 Å².